The number of esters is 1. The molecule has 0 aromatic carbocycles. The van der Waals surface area contributed by atoms with Gasteiger partial charge in [-0.1, -0.05) is 83.5 Å². The Morgan fingerprint density at radius 2 is 1.02 bits per heavy atom. The predicted octanol–water partition coefficient (Wildman–Crippen LogP) is 9.50. The summed E-state index contributed by atoms with van der Waals surface area (Å²) in [7, 11) is -4.48. The lowest BCUT2D eigenvalue weighted by Gasteiger charge is -2.74. The van der Waals surface area contributed by atoms with Crippen molar-refractivity contribution in [2.24, 2.45) is 82.9 Å². The zero-order valence-corrected chi connectivity index (χ0v) is 35.4. The summed E-state index contributed by atoms with van der Waals surface area (Å²) in [6.45, 7) is -1.02. The number of carbonyl (C=O) groups excluding carboxylic acids is 1. The lowest BCUT2D eigenvalue weighted by molar-refractivity contribution is -0.264. The monoisotopic (exact) mass is 805 g/mol. The normalized spacial score (nSPS) is 40.3. The Bertz CT molecular complexity index is 1300. The lowest BCUT2D eigenvalue weighted by atomic mass is 9.30. The fourth-order valence-electron chi connectivity index (χ4n) is 14.6. The van der Waals surface area contributed by atoms with Crippen LogP contribution in [0.3, 0.4) is 0 Å². The van der Waals surface area contributed by atoms with Crippen molar-refractivity contribution in [3.05, 3.63) is 0 Å². The number of aliphatic hydroxyl groups is 2. The van der Waals surface area contributed by atoms with Crippen molar-refractivity contribution >= 4 is 13.8 Å². The maximum Gasteiger partial charge on any atom is 0.472 e. The van der Waals surface area contributed by atoms with E-state index < -0.39 is 33.2 Å². The van der Waals surface area contributed by atoms with Gasteiger partial charge in [-0.2, -0.15) is 0 Å². The Kier molecular flexibility index (Phi) is 14.6. The Morgan fingerprint density at radius 3 is 1.55 bits per heavy atom. The molecule has 0 saturated heterocycles. The van der Waals surface area contributed by atoms with Gasteiger partial charge in [-0.25, -0.2) is 4.57 Å². The molecule has 17 atom stereocenters. The molecule has 8 fully saturated rings. The van der Waals surface area contributed by atoms with E-state index >= 15 is 0 Å². The SMILES string of the molecule is O=C(CCCCCCCC1CCC2C(C1)C1C3CCC3C21)OC[C@H](COP(=O)(O)OC[C@@H](O)CO)OCCCCCCCCC1CCC2C(C1)C1C3CCC3C21. The van der Waals surface area contributed by atoms with Gasteiger partial charge in [0.15, 0.2) is 0 Å². The summed E-state index contributed by atoms with van der Waals surface area (Å²) in [6, 6.07) is 0. The third-order valence-electron chi connectivity index (χ3n) is 17.6. The van der Waals surface area contributed by atoms with E-state index in [1.165, 1.54) is 109 Å². The van der Waals surface area contributed by atoms with Gasteiger partial charge in [-0.3, -0.25) is 13.8 Å². The highest BCUT2D eigenvalue weighted by Gasteiger charge is 2.69. The van der Waals surface area contributed by atoms with Crippen molar-refractivity contribution in [3.63, 3.8) is 0 Å². The zero-order chi connectivity index (χ0) is 38.6. The Hall–Kier alpha value is -0.540. The van der Waals surface area contributed by atoms with Crippen molar-refractivity contribution in [1.82, 2.24) is 0 Å². The fourth-order valence-corrected chi connectivity index (χ4v) is 15.4. The molecule has 10 heteroatoms. The average molecular weight is 805 g/mol. The van der Waals surface area contributed by atoms with Gasteiger partial charge in [0.2, 0.25) is 0 Å². The van der Waals surface area contributed by atoms with E-state index in [1.54, 1.807) is 0 Å². The quantitative estimate of drug-likeness (QED) is 0.0422. The minimum absolute atomic E-state index is 0.0598. The number of carbonyl (C=O) groups is 1. The van der Waals surface area contributed by atoms with Crippen molar-refractivity contribution in [2.45, 2.75) is 166 Å². The summed E-state index contributed by atoms with van der Waals surface area (Å²) >= 11 is 0. The highest BCUT2D eigenvalue weighted by molar-refractivity contribution is 7.47. The molecular formula is C46H77O9P. The van der Waals surface area contributed by atoms with Crippen LogP contribution in [-0.4, -0.2) is 66.3 Å². The van der Waals surface area contributed by atoms with Crippen molar-refractivity contribution in [1.29, 1.82) is 0 Å². The van der Waals surface area contributed by atoms with Gasteiger partial charge in [0.25, 0.3) is 0 Å². The third-order valence-corrected chi connectivity index (χ3v) is 18.5. The molecule has 9 nitrogen and oxygen atoms in total. The van der Waals surface area contributed by atoms with Crippen molar-refractivity contribution < 1.29 is 43.0 Å². The summed E-state index contributed by atoms with van der Waals surface area (Å²) in [5.41, 5.74) is 0. The fraction of sp³-hybridized carbons (Fsp3) is 0.978. The molecule has 0 aliphatic heterocycles. The molecule has 0 spiro atoms. The number of phosphoric acid groups is 1. The first kappa shape index (κ1) is 42.2. The highest BCUT2D eigenvalue weighted by Crippen LogP contribution is 2.75. The molecule has 3 N–H and O–H groups in total. The minimum atomic E-state index is -4.48. The van der Waals surface area contributed by atoms with Crippen LogP contribution in [0.5, 0.6) is 0 Å². The first-order valence-corrected chi connectivity index (χ1v) is 25.5. The second-order valence-corrected chi connectivity index (χ2v) is 21.9. The first-order chi connectivity index (χ1) is 27.3. The summed E-state index contributed by atoms with van der Waals surface area (Å²) < 4.78 is 33.8. The first-order valence-electron chi connectivity index (χ1n) is 24.0. The number of rotatable bonds is 27. The van der Waals surface area contributed by atoms with Crippen molar-refractivity contribution in [2.75, 3.05) is 33.0 Å². The molecule has 56 heavy (non-hydrogen) atoms. The number of aliphatic hydroxyl groups excluding tert-OH is 2. The molecule has 8 aliphatic carbocycles. The van der Waals surface area contributed by atoms with Crippen LogP contribution in [0.2, 0.25) is 0 Å². The number of unbranched alkanes of at least 4 members (excludes halogenated alkanes) is 9. The molecular weight excluding hydrogens is 727 g/mol. The zero-order valence-electron chi connectivity index (χ0n) is 34.5. The number of hydrogen-bond acceptors (Lipinski definition) is 8. The van der Waals surface area contributed by atoms with Crippen LogP contribution in [-0.2, 0) is 27.9 Å². The van der Waals surface area contributed by atoms with Crippen molar-refractivity contribution in [3.8, 4) is 0 Å². The van der Waals surface area contributed by atoms with E-state index in [-0.39, 0.29) is 19.2 Å². The second-order valence-electron chi connectivity index (χ2n) is 20.4. The lowest BCUT2D eigenvalue weighted by Crippen LogP contribution is -2.69. The maximum atomic E-state index is 12.6. The molecule has 0 aromatic rings. The van der Waals surface area contributed by atoms with E-state index in [9.17, 15) is 19.4 Å². The van der Waals surface area contributed by atoms with Crippen LogP contribution in [0.15, 0.2) is 0 Å². The summed E-state index contributed by atoms with van der Waals surface area (Å²) in [6.07, 6.45) is 28.8. The van der Waals surface area contributed by atoms with Crippen LogP contribution < -0.4 is 0 Å². The van der Waals surface area contributed by atoms with E-state index in [4.69, 9.17) is 23.6 Å². The van der Waals surface area contributed by atoms with E-state index in [0.29, 0.717) is 13.0 Å². The van der Waals surface area contributed by atoms with Gasteiger partial charge in [0.1, 0.15) is 18.8 Å². The number of phosphoric ester groups is 1. The third kappa shape index (κ3) is 9.50. The smallest absolute Gasteiger partial charge is 0.463 e. The van der Waals surface area contributed by atoms with Gasteiger partial charge in [-0.05, 0) is 147 Å². The maximum absolute atomic E-state index is 12.6. The van der Waals surface area contributed by atoms with Gasteiger partial charge in [0.05, 0.1) is 19.8 Å². The molecule has 0 heterocycles. The molecule has 0 aromatic heterocycles. The van der Waals surface area contributed by atoms with Gasteiger partial charge in [-0.15, -0.1) is 0 Å². The van der Waals surface area contributed by atoms with Gasteiger partial charge >= 0.3 is 13.8 Å². The van der Waals surface area contributed by atoms with Crippen LogP contribution in [0.25, 0.3) is 0 Å². The summed E-state index contributed by atoms with van der Waals surface area (Å²) in [4.78, 5) is 22.7. The molecule has 320 valence electrons. The summed E-state index contributed by atoms with van der Waals surface area (Å²) in [5.74, 6) is 15.1. The van der Waals surface area contributed by atoms with E-state index in [0.717, 1.165) is 121 Å². The number of fused-ring (bicyclic) bond motifs is 14. The summed E-state index contributed by atoms with van der Waals surface area (Å²) in [5, 5.41) is 18.5. The predicted molar refractivity (Wildman–Crippen MR) is 215 cm³/mol. The van der Waals surface area contributed by atoms with Crippen LogP contribution in [0, 0.1) is 82.9 Å². The largest absolute Gasteiger partial charge is 0.472 e. The molecule has 0 bridgehead atoms. The molecule has 15 unspecified atom stereocenters. The molecule has 8 saturated carbocycles. The van der Waals surface area contributed by atoms with E-state index in [1.807, 2.05) is 0 Å². The topological polar surface area (TPSA) is 132 Å². The number of ether oxygens (including phenoxy) is 2. The average Bonchev–Trinajstić information content (AvgIpc) is 3.17. The Balaban J connectivity index is 0.647. The number of hydrogen-bond donors (Lipinski definition) is 3. The van der Waals surface area contributed by atoms with Crippen LogP contribution in [0.1, 0.15) is 154 Å². The molecule has 0 radical (unpaired) electrons. The molecule has 8 rings (SSSR count). The van der Waals surface area contributed by atoms with Crippen LogP contribution in [0.4, 0.5) is 0 Å². The highest BCUT2D eigenvalue weighted by atomic mass is 31.2. The Morgan fingerprint density at radius 1 is 0.571 bits per heavy atom. The van der Waals surface area contributed by atoms with Gasteiger partial charge < -0.3 is 24.6 Å². The molecule has 8 aliphatic rings. The second kappa shape index (κ2) is 19.4. The van der Waals surface area contributed by atoms with Gasteiger partial charge in [0, 0.05) is 13.0 Å². The minimum Gasteiger partial charge on any atom is -0.463 e. The van der Waals surface area contributed by atoms with Crippen LogP contribution >= 0.6 is 7.82 Å². The molecule has 0 amide bonds. The standard InChI is InChI=1S/C46H77O9P/c47-26-32(48)27-54-56(50,51)55-29-33(52-23-11-7-2-1-4-8-12-30-15-17-38-40(24-30)45-36-21-19-34(36)43(38)45)28-53-42(49)14-10-6-3-5-9-13-31-16-18-39-41(25-31)46-37-22-20-35(37)44(39)46/h30-41,43-48H,1-29H2,(H,50,51)/t30?,31?,32-,33+,34?,35?,36?,37?,38?,39?,40?,41?,43?,44?,45?,46?/m0/s1. The van der Waals surface area contributed by atoms with E-state index in [2.05, 4.69) is 0 Å². The Labute approximate surface area is 338 Å².